The van der Waals surface area contributed by atoms with E-state index < -0.39 is 22.0 Å². The van der Waals surface area contributed by atoms with Crippen molar-refractivity contribution in [2.75, 3.05) is 0 Å². The Labute approximate surface area is 102 Å². The van der Waals surface area contributed by atoms with Gasteiger partial charge in [0.25, 0.3) is 0 Å². The Kier molecular flexibility index (Phi) is 4.06. The quantitative estimate of drug-likeness (QED) is 0.839. The van der Waals surface area contributed by atoms with Crippen LogP contribution in [0.15, 0.2) is 33.6 Å². The lowest BCUT2D eigenvalue weighted by molar-refractivity contribution is -0.307. The standard InChI is InChI=1S/C9H10BrNO4S/c1-6(9(12)13)11-16(14,15)8-4-2-7(10)3-5-8/h2-6,11H,1H3,(H,12,13)/p-1. The second-order valence-corrected chi connectivity index (χ2v) is 5.75. The first-order valence-corrected chi connectivity index (χ1v) is 6.59. The number of halogens is 1. The lowest BCUT2D eigenvalue weighted by Crippen LogP contribution is -2.45. The van der Waals surface area contributed by atoms with Gasteiger partial charge >= 0.3 is 0 Å². The Morgan fingerprint density at radius 2 is 1.88 bits per heavy atom. The molecule has 1 aromatic carbocycles. The van der Waals surface area contributed by atoms with E-state index >= 15 is 0 Å². The maximum atomic E-state index is 11.6. The van der Waals surface area contributed by atoms with Crippen molar-refractivity contribution in [3.8, 4) is 0 Å². The molecule has 0 aliphatic carbocycles. The van der Waals surface area contributed by atoms with Crippen molar-refractivity contribution in [2.45, 2.75) is 17.9 Å². The highest BCUT2D eigenvalue weighted by Crippen LogP contribution is 2.14. The number of sulfonamides is 1. The molecule has 0 amide bonds. The van der Waals surface area contributed by atoms with E-state index in [1.165, 1.54) is 19.1 Å². The van der Waals surface area contributed by atoms with Gasteiger partial charge in [-0.3, -0.25) is 0 Å². The minimum atomic E-state index is -3.81. The van der Waals surface area contributed by atoms with E-state index in [1.807, 2.05) is 4.72 Å². The van der Waals surface area contributed by atoms with E-state index in [1.54, 1.807) is 12.1 Å². The average molecular weight is 307 g/mol. The van der Waals surface area contributed by atoms with Crippen LogP contribution in [0.4, 0.5) is 0 Å². The molecule has 0 aliphatic heterocycles. The SMILES string of the molecule is CC(NS(=O)(=O)c1ccc(Br)cc1)C(=O)[O-]. The lowest BCUT2D eigenvalue weighted by atomic mass is 10.4. The fraction of sp³-hybridized carbons (Fsp3) is 0.222. The molecule has 88 valence electrons. The highest BCUT2D eigenvalue weighted by atomic mass is 79.9. The Morgan fingerprint density at radius 3 is 2.31 bits per heavy atom. The molecule has 0 spiro atoms. The highest BCUT2D eigenvalue weighted by molar-refractivity contribution is 9.10. The van der Waals surface area contributed by atoms with Gasteiger partial charge in [0, 0.05) is 4.47 Å². The van der Waals surface area contributed by atoms with Crippen LogP contribution in [0, 0.1) is 0 Å². The van der Waals surface area contributed by atoms with Crippen molar-refractivity contribution in [3.63, 3.8) is 0 Å². The molecule has 1 N–H and O–H groups in total. The van der Waals surface area contributed by atoms with Crippen LogP contribution in [0.3, 0.4) is 0 Å². The van der Waals surface area contributed by atoms with Crippen LogP contribution in [-0.2, 0) is 14.8 Å². The lowest BCUT2D eigenvalue weighted by Gasteiger charge is -2.14. The van der Waals surface area contributed by atoms with Gasteiger partial charge in [-0.1, -0.05) is 15.9 Å². The summed E-state index contributed by atoms with van der Waals surface area (Å²) in [6.45, 7) is 1.20. The van der Waals surface area contributed by atoms with Gasteiger partial charge in [0.1, 0.15) is 0 Å². The number of carboxylic acids is 1. The monoisotopic (exact) mass is 306 g/mol. The molecule has 0 heterocycles. The molecular weight excluding hydrogens is 298 g/mol. The predicted octanol–water partition coefficient (Wildman–Crippen LogP) is -0.134. The van der Waals surface area contributed by atoms with Gasteiger partial charge in [-0.2, -0.15) is 0 Å². The number of hydrogen-bond acceptors (Lipinski definition) is 4. The summed E-state index contributed by atoms with van der Waals surface area (Å²) in [5.41, 5.74) is 0. The van der Waals surface area contributed by atoms with Crippen molar-refractivity contribution < 1.29 is 18.3 Å². The smallest absolute Gasteiger partial charge is 0.241 e. The molecule has 0 fully saturated rings. The molecule has 5 nitrogen and oxygen atoms in total. The highest BCUT2D eigenvalue weighted by Gasteiger charge is 2.17. The largest absolute Gasteiger partial charge is 0.548 e. The van der Waals surface area contributed by atoms with Crippen LogP contribution in [0.25, 0.3) is 0 Å². The number of carboxylic acid groups (broad SMARTS) is 1. The van der Waals surface area contributed by atoms with Crippen LogP contribution in [0.5, 0.6) is 0 Å². The molecule has 0 aromatic heterocycles. The van der Waals surface area contributed by atoms with Gasteiger partial charge in [0.2, 0.25) is 10.0 Å². The van der Waals surface area contributed by atoms with E-state index in [4.69, 9.17) is 0 Å². The third kappa shape index (κ3) is 3.29. The summed E-state index contributed by atoms with van der Waals surface area (Å²) < 4.78 is 26.0. The van der Waals surface area contributed by atoms with Crippen molar-refractivity contribution in [3.05, 3.63) is 28.7 Å². The number of hydrogen-bond donors (Lipinski definition) is 1. The molecule has 1 atom stereocenters. The van der Waals surface area contributed by atoms with Crippen molar-refractivity contribution in [1.29, 1.82) is 0 Å². The Bertz CT molecular complexity index is 483. The van der Waals surface area contributed by atoms with Crippen molar-refractivity contribution in [2.24, 2.45) is 0 Å². The normalized spacial score (nSPS) is 13.4. The number of aliphatic carboxylic acids is 1. The first-order chi connectivity index (χ1) is 7.33. The molecule has 7 heteroatoms. The van der Waals surface area contributed by atoms with Crippen LogP contribution < -0.4 is 9.83 Å². The van der Waals surface area contributed by atoms with Crippen LogP contribution in [-0.4, -0.2) is 20.4 Å². The number of rotatable bonds is 4. The van der Waals surface area contributed by atoms with Crippen LogP contribution in [0.1, 0.15) is 6.92 Å². The van der Waals surface area contributed by atoms with Crippen molar-refractivity contribution >= 4 is 31.9 Å². The third-order valence-electron chi connectivity index (χ3n) is 1.81. The Hall–Kier alpha value is -0.920. The molecule has 0 saturated carbocycles. The minimum absolute atomic E-state index is 0.00352. The van der Waals surface area contributed by atoms with Gasteiger partial charge in [0.05, 0.1) is 16.9 Å². The number of carbonyl (C=O) groups is 1. The van der Waals surface area contributed by atoms with Gasteiger partial charge in [-0.15, -0.1) is 0 Å². The molecule has 0 bridgehead atoms. The molecular formula is C9H9BrNO4S-. The average Bonchev–Trinajstić information content (AvgIpc) is 2.17. The summed E-state index contributed by atoms with van der Waals surface area (Å²) in [4.78, 5) is 10.4. The van der Waals surface area contributed by atoms with E-state index in [9.17, 15) is 18.3 Å². The first-order valence-electron chi connectivity index (χ1n) is 4.31. The fourth-order valence-corrected chi connectivity index (χ4v) is 2.42. The number of benzene rings is 1. The predicted molar refractivity (Wildman–Crippen MR) is 58.9 cm³/mol. The first kappa shape index (κ1) is 13.1. The molecule has 1 rings (SSSR count). The van der Waals surface area contributed by atoms with E-state index in [-0.39, 0.29) is 4.90 Å². The Balaban J connectivity index is 2.94. The summed E-state index contributed by atoms with van der Waals surface area (Å²) >= 11 is 3.17. The molecule has 1 unspecified atom stereocenters. The maximum absolute atomic E-state index is 11.6. The molecule has 16 heavy (non-hydrogen) atoms. The summed E-state index contributed by atoms with van der Waals surface area (Å²) in [7, 11) is -3.81. The summed E-state index contributed by atoms with van der Waals surface area (Å²) in [5.74, 6) is -1.47. The fourth-order valence-electron chi connectivity index (χ4n) is 0.963. The second kappa shape index (κ2) is 4.94. The third-order valence-corrected chi connectivity index (χ3v) is 3.89. The summed E-state index contributed by atoms with van der Waals surface area (Å²) in [5, 5.41) is 10.4. The molecule has 1 aromatic rings. The van der Waals surface area contributed by atoms with E-state index in [0.29, 0.717) is 0 Å². The molecule has 0 saturated heterocycles. The van der Waals surface area contributed by atoms with Gasteiger partial charge in [-0.05, 0) is 31.2 Å². The zero-order valence-electron chi connectivity index (χ0n) is 8.31. The van der Waals surface area contributed by atoms with Gasteiger partial charge in [0.15, 0.2) is 0 Å². The van der Waals surface area contributed by atoms with Gasteiger partial charge < -0.3 is 9.90 Å². The topological polar surface area (TPSA) is 86.3 Å². The Morgan fingerprint density at radius 1 is 1.38 bits per heavy atom. The zero-order chi connectivity index (χ0) is 12.3. The van der Waals surface area contributed by atoms with Crippen LogP contribution >= 0.6 is 15.9 Å². The van der Waals surface area contributed by atoms with Crippen molar-refractivity contribution in [1.82, 2.24) is 4.72 Å². The zero-order valence-corrected chi connectivity index (χ0v) is 10.7. The maximum Gasteiger partial charge on any atom is 0.241 e. The second-order valence-electron chi connectivity index (χ2n) is 3.12. The number of carbonyl (C=O) groups excluding carboxylic acids is 1. The van der Waals surface area contributed by atoms with E-state index in [2.05, 4.69) is 15.9 Å². The molecule has 0 aliphatic rings. The summed E-state index contributed by atoms with van der Waals surface area (Å²) in [6, 6.07) is 4.58. The van der Waals surface area contributed by atoms with Gasteiger partial charge in [-0.25, -0.2) is 13.1 Å². The van der Waals surface area contributed by atoms with Crippen LogP contribution in [0.2, 0.25) is 0 Å². The summed E-state index contributed by atoms with van der Waals surface area (Å²) in [6.07, 6.45) is 0. The minimum Gasteiger partial charge on any atom is -0.548 e. The number of nitrogens with one attached hydrogen (secondary N) is 1. The van der Waals surface area contributed by atoms with E-state index in [0.717, 1.165) is 4.47 Å². The molecule has 0 radical (unpaired) electrons.